The van der Waals surface area contributed by atoms with Crippen LogP contribution in [0.4, 0.5) is 11.4 Å². The van der Waals surface area contributed by atoms with E-state index >= 15 is 0 Å². The molecule has 0 bridgehead atoms. The maximum absolute atomic E-state index is 9.29. The summed E-state index contributed by atoms with van der Waals surface area (Å²) < 4.78 is 0. The van der Waals surface area contributed by atoms with Crippen LogP contribution in [0.3, 0.4) is 0 Å². The second-order valence-electron chi connectivity index (χ2n) is 5.29. The van der Waals surface area contributed by atoms with E-state index < -0.39 is 0 Å². The van der Waals surface area contributed by atoms with Gasteiger partial charge in [-0.3, -0.25) is 0 Å². The van der Waals surface area contributed by atoms with Crippen molar-refractivity contribution < 1.29 is 5.11 Å². The lowest BCUT2D eigenvalue weighted by molar-refractivity contribution is 0.475. The number of aromatic hydroxyl groups is 1. The Labute approximate surface area is 119 Å². The Hall–Kier alpha value is -2.16. The van der Waals surface area contributed by atoms with Crippen LogP contribution in [0, 0.1) is 0 Å². The molecule has 0 spiro atoms. The van der Waals surface area contributed by atoms with Gasteiger partial charge in [0, 0.05) is 30.5 Å². The number of nitrogens with one attached hydrogen (secondary N) is 1. The number of nitrogens with zero attached hydrogens (tertiary/aromatic N) is 1. The Morgan fingerprint density at radius 3 is 2.20 bits per heavy atom. The predicted octanol–water partition coefficient (Wildman–Crippen LogP) is 3.47. The predicted molar refractivity (Wildman–Crippen MR) is 83.4 cm³/mol. The number of phenols is 1. The lowest BCUT2D eigenvalue weighted by Gasteiger charge is -2.34. The number of rotatable bonds is 3. The van der Waals surface area contributed by atoms with Gasteiger partial charge in [-0.05, 0) is 49.2 Å². The van der Waals surface area contributed by atoms with E-state index in [1.54, 1.807) is 12.1 Å². The molecule has 1 saturated heterocycles. The number of para-hydroxylation sites is 1. The molecule has 3 heteroatoms. The van der Waals surface area contributed by atoms with Crippen LogP contribution in [-0.2, 0) is 0 Å². The molecule has 1 aliphatic heterocycles. The van der Waals surface area contributed by atoms with Gasteiger partial charge in [0.05, 0.1) is 0 Å². The second kappa shape index (κ2) is 5.87. The van der Waals surface area contributed by atoms with E-state index in [9.17, 15) is 5.11 Å². The van der Waals surface area contributed by atoms with E-state index in [0.29, 0.717) is 11.8 Å². The molecule has 2 aromatic rings. The molecule has 0 aliphatic carbocycles. The lowest BCUT2D eigenvalue weighted by atomic mass is 10.0. The molecule has 0 saturated carbocycles. The number of phenolic OH excluding ortho intramolecular Hbond substituents is 1. The Balaban J connectivity index is 1.55. The lowest BCUT2D eigenvalue weighted by Crippen LogP contribution is -2.39. The van der Waals surface area contributed by atoms with Gasteiger partial charge in [-0.2, -0.15) is 0 Å². The minimum absolute atomic E-state index is 0.314. The standard InChI is InChI=1S/C17H20N2O/c20-17-8-6-14(7-9-17)18-15-10-12-19(13-11-15)16-4-2-1-3-5-16/h1-9,15,18,20H,10-13H2. The molecule has 3 nitrogen and oxygen atoms in total. The van der Waals surface area contributed by atoms with E-state index in [4.69, 9.17) is 0 Å². The summed E-state index contributed by atoms with van der Waals surface area (Å²) in [7, 11) is 0. The van der Waals surface area contributed by atoms with Gasteiger partial charge in [0.1, 0.15) is 5.75 Å². The molecule has 0 radical (unpaired) electrons. The summed E-state index contributed by atoms with van der Waals surface area (Å²) in [5, 5.41) is 12.8. The summed E-state index contributed by atoms with van der Waals surface area (Å²) in [5.41, 5.74) is 2.40. The van der Waals surface area contributed by atoms with Gasteiger partial charge in [0.15, 0.2) is 0 Å². The van der Waals surface area contributed by atoms with Gasteiger partial charge in [-0.15, -0.1) is 0 Å². The van der Waals surface area contributed by atoms with E-state index in [0.717, 1.165) is 31.6 Å². The molecular weight excluding hydrogens is 248 g/mol. The highest BCUT2D eigenvalue weighted by Crippen LogP contribution is 2.22. The molecular formula is C17H20N2O. The molecule has 0 aromatic heterocycles. The molecule has 0 amide bonds. The van der Waals surface area contributed by atoms with E-state index in [2.05, 4.69) is 40.5 Å². The first-order valence-electron chi connectivity index (χ1n) is 7.17. The van der Waals surface area contributed by atoms with Crippen LogP contribution in [0.15, 0.2) is 54.6 Å². The zero-order valence-electron chi connectivity index (χ0n) is 11.5. The van der Waals surface area contributed by atoms with Crippen LogP contribution >= 0.6 is 0 Å². The average molecular weight is 268 g/mol. The van der Waals surface area contributed by atoms with Gasteiger partial charge in [-0.1, -0.05) is 18.2 Å². The Morgan fingerprint density at radius 1 is 0.900 bits per heavy atom. The van der Waals surface area contributed by atoms with Crippen molar-refractivity contribution in [2.24, 2.45) is 0 Å². The summed E-state index contributed by atoms with van der Waals surface area (Å²) in [6, 6.07) is 18.4. The molecule has 0 atom stereocenters. The summed E-state index contributed by atoms with van der Waals surface area (Å²) in [6.45, 7) is 2.17. The zero-order chi connectivity index (χ0) is 13.8. The molecule has 0 unspecified atom stereocenters. The number of hydrogen-bond donors (Lipinski definition) is 2. The van der Waals surface area contributed by atoms with E-state index in [1.165, 1.54) is 5.69 Å². The summed E-state index contributed by atoms with van der Waals surface area (Å²) in [6.07, 6.45) is 2.27. The molecule has 1 fully saturated rings. The van der Waals surface area contributed by atoms with Crippen molar-refractivity contribution in [2.75, 3.05) is 23.3 Å². The van der Waals surface area contributed by atoms with E-state index in [-0.39, 0.29) is 0 Å². The SMILES string of the molecule is Oc1ccc(NC2CCN(c3ccccc3)CC2)cc1. The van der Waals surface area contributed by atoms with Crippen molar-refractivity contribution in [3.8, 4) is 5.75 Å². The molecule has 20 heavy (non-hydrogen) atoms. The number of anilines is 2. The molecule has 3 rings (SSSR count). The van der Waals surface area contributed by atoms with Gasteiger partial charge < -0.3 is 15.3 Å². The quantitative estimate of drug-likeness (QED) is 0.837. The first kappa shape index (κ1) is 12.9. The maximum atomic E-state index is 9.29. The smallest absolute Gasteiger partial charge is 0.115 e. The molecule has 1 heterocycles. The van der Waals surface area contributed by atoms with Gasteiger partial charge >= 0.3 is 0 Å². The number of piperidine rings is 1. The van der Waals surface area contributed by atoms with Crippen molar-refractivity contribution in [3.63, 3.8) is 0 Å². The van der Waals surface area contributed by atoms with Crippen LogP contribution in [0.5, 0.6) is 5.75 Å². The van der Waals surface area contributed by atoms with Crippen LogP contribution in [0.2, 0.25) is 0 Å². The summed E-state index contributed by atoms with van der Waals surface area (Å²) >= 11 is 0. The van der Waals surface area contributed by atoms with Gasteiger partial charge in [0.25, 0.3) is 0 Å². The fourth-order valence-electron chi connectivity index (χ4n) is 2.71. The van der Waals surface area contributed by atoms with Crippen LogP contribution in [0.25, 0.3) is 0 Å². The Morgan fingerprint density at radius 2 is 1.55 bits per heavy atom. The minimum Gasteiger partial charge on any atom is -0.508 e. The number of benzene rings is 2. The van der Waals surface area contributed by atoms with Crippen molar-refractivity contribution in [1.82, 2.24) is 0 Å². The highest BCUT2D eigenvalue weighted by atomic mass is 16.3. The zero-order valence-corrected chi connectivity index (χ0v) is 11.5. The van der Waals surface area contributed by atoms with Crippen molar-refractivity contribution in [3.05, 3.63) is 54.6 Å². The third kappa shape index (κ3) is 3.05. The Bertz CT molecular complexity index is 531. The minimum atomic E-state index is 0.314. The van der Waals surface area contributed by atoms with Crippen LogP contribution in [0.1, 0.15) is 12.8 Å². The highest BCUT2D eigenvalue weighted by molar-refractivity contribution is 5.49. The number of hydrogen-bond acceptors (Lipinski definition) is 3. The summed E-state index contributed by atoms with van der Waals surface area (Å²) in [5.74, 6) is 0.314. The topological polar surface area (TPSA) is 35.5 Å². The van der Waals surface area contributed by atoms with Crippen molar-refractivity contribution >= 4 is 11.4 Å². The van der Waals surface area contributed by atoms with Crippen molar-refractivity contribution in [1.29, 1.82) is 0 Å². The van der Waals surface area contributed by atoms with Gasteiger partial charge in [-0.25, -0.2) is 0 Å². The first-order chi connectivity index (χ1) is 9.81. The van der Waals surface area contributed by atoms with Gasteiger partial charge in [0.2, 0.25) is 0 Å². The third-order valence-corrected chi connectivity index (χ3v) is 3.85. The van der Waals surface area contributed by atoms with E-state index in [1.807, 2.05) is 12.1 Å². The van der Waals surface area contributed by atoms with Crippen LogP contribution in [-0.4, -0.2) is 24.2 Å². The fourth-order valence-corrected chi connectivity index (χ4v) is 2.71. The first-order valence-corrected chi connectivity index (χ1v) is 7.17. The second-order valence-corrected chi connectivity index (χ2v) is 5.29. The highest BCUT2D eigenvalue weighted by Gasteiger charge is 2.18. The fraction of sp³-hybridized carbons (Fsp3) is 0.294. The maximum Gasteiger partial charge on any atom is 0.115 e. The molecule has 104 valence electrons. The molecule has 2 N–H and O–H groups in total. The van der Waals surface area contributed by atoms with Crippen LogP contribution < -0.4 is 10.2 Å². The third-order valence-electron chi connectivity index (χ3n) is 3.85. The monoisotopic (exact) mass is 268 g/mol. The van der Waals surface area contributed by atoms with Crippen molar-refractivity contribution in [2.45, 2.75) is 18.9 Å². The molecule has 2 aromatic carbocycles. The molecule has 1 aliphatic rings. The Kier molecular flexibility index (Phi) is 3.77. The normalized spacial score (nSPS) is 16.1. The summed E-state index contributed by atoms with van der Waals surface area (Å²) in [4.78, 5) is 2.44. The largest absolute Gasteiger partial charge is 0.508 e. The average Bonchev–Trinajstić information content (AvgIpc) is 2.51.